The molecule has 2 aromatic rings. The molecule has 0 atom stereocenters. The Labute approximate surface area is 111 Å². The van der Waals surface area contributed by atoms with Crippen molar-refractivity contribution in [3.63, 3.8) is 0 Å². The van der Waals surface area contributed by atoms with Crippen molar-refractivity contribution in [3.05, 3.63) is 48.0 Å². The number of benzene rings is 1. The fourth-order valence-electron chi connectivity index (χ4n) is 1.75. The van der Waals surface area contributed by atoms with Gasteiger partial charge in [-0.05, 0) is 18.6 Å². The maximum absolute atomic E-state index is 10.7. The number of rotatable bonds is 6. The van der Waals surface area contributed by atoms with Gasteiger partial charge in [-0.2, -0.15) is 0 Å². The summed E-state index contributed by atoms with van der Waals surface area (Å²) in [5.74, 6) is 0.877. The van der Waals surface area contributed by atoms with Gasteiger partial charge in [-0.3, -0.25) is 4.79 Å². The molecule has 0 aliphatic carbocycles. The fourth-order valence-corrected chi connectivity index (χ4v) is 2.69. The van der Waals surface area contributed by atoms with Crippen LogP contribution in [0, 0.1) is 0 Å². The van der Waals surface area contributed by atoms with E-state index < -0.39 is 0 Å². The zero-order chi connectivity index (χ0) is 12.8. The van der Waals surface area contributed by atoms with Crippen molar-refractivity contribution in [2.24, 2.45) is 0 Å². The SMILES string of the molecule is CCCn1cncc1CSc1cccc(C=O)c1. The highest BCUT2D eigenvalue weighted by molar-refractivity contribution is 7.98. The van der Waals surface area contributed by atoms with E-state index in [0.717, 1.165) is 35.5 Å². The first-order chi connectivity index (χ1) is 8.83. The van der Waals surface area contributed by atoms with Gasteiger partial charge >= 0.3 is 0 Å². The lowest BCUT2D eigenvalue weighted by Gasteiger charge is -2.06. The van der Waals surface area contributed by atoms with Crippen LogP contribution in [0.25, 0.3) is 0 Å². The second-order valence-electron chi connectivity index (χ2n) is 4.06. The second kappa shape index (κ2) is 6.40. The van der Waals surface area contributed by atoms with Crippen LogP contribution in [0.2, 0.25) is 0 Å². The molecule has 0 radical (unpaired) electrons. The molecular formula is C14H16N2OS. The fraction of sp³-hybridized carbons (Fsp3) is 0.286. The third kappa shape index (κ3) is 3.23. The predicted molar refractivity (Wildman–Crippen MR) is 73.9 cm³/mol. The Morgan fingerprint density at radius 1 is 1.44 bits per heavy atom. The summed E-state index contributed by atoms with van der Waals surface area (Å²) in [6, 6.07) is 7.67. The summed E-state index contributed by atoms with van der Waals surface area (Å²) in [4.78, 5) is 16.0. The molecule has 0 saturated heterocycles. The molecule has 0 fully saturated rings. The number of aromatic nitrogens is 2. The lowest BCUT2D eigenvalue weighted by molar-refractivity contribution is 0.112. The summed E-state index contributed by atoms with van der Waals surface area (Å²) in [5.41, 5.74) is 1.94. The minimum atomic E-state index is 0.724. The number of aldehydes is 1. The molecule has 0 aliphatic rings. The van der Waals surface area contributed by atoms with E-state index in [0.29, 0.717) is 0 Å². The van der Waals surface area contributed by atoms with Gasteiger partial charge in [0.05, 0.1) is 6.33 Å². The zero-order valence-electron chi connectivity index (χ0n) is 10.4. The molecule has 3 nitrogen and oxygen atoms in total. The molecule has 0 aliphatic heterocycles. The Kier molecular flexibility index (Phi) is 4.59. The number of aryl methyl sites for hydroxylation is 1. The second-order valence-corrected chi connectivity index (χ2v) is 5.11. The minimum Gasteiger partial charge on any atom is -0.334 e. The predicted octanol–water partition coefficient (Wildman–Crippen LogP) is 3.40. The zero-order valence-corrected chi connectivity index (χ0v) is 11.2. The summed E-state index contributed by atoms with van der Waals surface area (Å²) in [7, 11) is 0. The molecule has 94 valence electrons. The number of imidazole rings is 1. The van der Waals surface area contributed by atoms with Gasteiger partial charge in [0.2, 0.25) is 0 Å². The van der Waals surface area contributed by atoms with Crippen molar-refractivity contribution in [1.82, 2.24) is 9.55 Å². The van der Waals surface area contributed by atoms with Crippen LogP contribution in [-0.2, 0) is 12.3 Å². The Morgan fingerprint density at radius 2 is 2.33 bits per heavy atom. The van der Waals surface area contributed by atoms with Crippen molar-refractivity contribution in [2.75, 3.05) is 0 Å². The average molecular weight is 260 g/mol. The lowest BCUT2D eigenvalue weighted by atomic mass is 10.2. The van der Waals surface area contributed by atoms with Gasteiger partial charge in [-0.15, -0.1) is 11.8 Å². The van der Waals surface area contributed by atoms with Crippen LogP contribution >= 0.6 is 11.8 Å². The molecule has 0 amide bonds. The van der Waals surface area contributed by atoms with Gasteiger partial charge < -0.3 is 4.57 Å². The van der Waals surface area contributed by atoms with Crippen LogP contribution in [0.5, 0.6) is 0 Å². The molecule has 0 N–H and O–H groups in total. The van der Waals surface area contributed by atoms with Crippen LogP contribution in [-0.4, -0.2) is 15.8 Å². The molecule has 0 bridgehead atoms. The van der Waals surface area contributed by atoms with Crippen molar-refractivity contribution in [1.29, 1.82) is 0 Å². The van der Waals surface area contributed by atoms with Gasteiger partial charge in [0.25, 0.3) is 0 Å². The largest absolute Gasteiger partial charge is 0.334 e. The first-order valence-corrected chi connectivity index (χ1v) is 6.99. The summed E-state index contributed by atoms with van der Waals surface area (Å²) in [6.07, 6.45) is 5.77. The number of hydrogen-bond acceptors (Lipinski definition) is 3. The van der Waals surface area contributed by atoms with Crippen LogP contribution < -0.4 is 0 Å². The van der Waals surface area contributed by atoms with Crippen molar-refractivity contribution in [3.8, 4) is 0 Å². The van der Waals surface area contributed by atoms with Gasteiger partial charge in [-0.25, -0.2) is 4.98 Å². The van der Waals surface area contributed by atoms with Gasteiger partial charge in [0.1, 0.15) is 6.29 Å². The topological polar surface area (TPSA) is 34.9 Å². The summed E-state index contributed by atoms with van der Waals surface area (Å²) < 4.78 is 2.18. The lowest BCUT2D eigenvalue weighted by Crippen LogP contribution is -1.99. The Morgan fingerprint density at radius 3 is 3.11 bits per heavy atom. The van der Waals surface area contributed by atoms with Crippen LogP contribution in [0.3, 0.4) is 0 Å². The van der Waals surface area contributed by atoms with Crippen molar-refractivity contribution < 1.29 is 4.79 Å². The number of carbonyl (C=O) groups is 1. The molecule has 1 aromatic carbocycles. The van der Waals surface area contributed by atoms with E-state index in [9.17, 15) is 4.79 Å². The molecule has 4 heteroatoms. The van der Waals surface area contributed by atoms with Gasteiger partial charge in [-0.1, -0.05) is 19.1 Å². The van der Waals surface area contributed by atoms with Gasteiger partial charge in [0, 0.05) is 34.6 Å². The number of carbonyl (C=O) groups excluding carboxylic acids is 1. The van der Waals surface area contributed by atoms with Crippen molar-refractivity contribution >= 4 is 18.0 Å². The van der Waals surface area contributed by atoms with E-state index in [-0.39, 0.29) is 0 Å². The smallest absolute Gasteiger partial charge is 0.150 e. The molecule has 1 aromatic heterocycles. The summed E-state index contributed by atoms with van der Waals surface area (Å²) in [5, 5.41) is 0. The van der Waals surface area contributed by atoms with E-state index in [1.807, 2.05) is 36.8 Å². The van der Waals surface area contributed by atoms with E-state index in [4.69, 9.17) is 0 Å². The normalized spacial score (nSPS) is 10.5. The number of nitrogens with zero attached hydrogens (tertiary/aromatic N) is 2. The molecule has 0 saturated carbocycles. The molecule has 1 heterocycles. The molecular weight excluding hydrogens is 244 g/mol. The van der Waals surface area contributed by atoms with E-state index in [1.165, 1.54) is 5.69 Å². The highest BCUT2D eigenvalue weighted by Crippen LogP contribution is 2.23. The van der Waals surface area contributed by atoms with Crippen LogP contribution in [0.1, 0.15) is 29.4 Å². The van der Waals surface area contributed by atoms with Crippen LogP contribution in [0.4, 0.5) is 0 Å². The standard InChI is InChI=1S/C14H16N2OS/c1-2-6-16-11-15-8-13(16)10-18-14-5-3-4-12(7-14)9-17/h3-5,7-9,11H,2,6,10H2,1H3. The van der Waals surface area contributed by atoms with E-state index in [1.54, 1.807) is 11.8 Å². The monoisotopic (exact) mass is 260 g/mol. The quantitative estimate of drug-likeness (QED) is 0.590. The summed E-state index contributed by atoms with van der Waals surface area (Å²) in [6.45, 7) is 3.16. The number of hydrogen-bond donors (Lipinski definition) is 0. The van der Waals surface area contributed by atoms with E-state index in [2.05, 4.69) is 16.5 Å². The highest BCUT2D eigenvalue weighted by atomic mass is 32.2. The molecule has 0 spiro atoms. The Bertz CT molecular complexity index is 522. The number of thioether (sulfide) groups is 1. The first kappa shape index (κ1) is 12.9. The average Bonchev–Trinajstić information content (AvgIpc) is 2.85. The van der Waals surface area contributed by atoms with E-state index >= 15 is 0 Å². The van der Waals surface area contributed by atoms with Crippen LogP contribution in [0.15, 0.2) is 41.7 Å². The summed E-state index contributed by atoms with van der Waals surface area (Å²) >= 11 is 1.73. The van der Waals surface area contributed by atoms with Gasteiger partial charge in [0.15, 0.2) is 0 Å². The maximum Gasteiger partial charge on any atom is 0.150 e. The third-order valence-corrected chi connectivity index (χ3v) is 3.67. The molecule has 2 rings (SSSR count). The Balaban J connectivity index is 2.01. The first-order valence-electron chi connectivity index (χ1n) is 6.00. The maximum atomic E-state index is 10.7. The molecule has 18 heavy (non-hydrogen) atoms. The highest BCUT2D eigenvalue weighted by Gasteiger charge is 2.03. The third-order valence-electron chi connectivity index (χ3n) is 2.64. The van der Waals surface area contributed by atoms with Crippen molar-refractivity contribution in [2.45, 2.75) is 30.5 Å². The minimum absolute atomic E-state index is 0.724. The molecule has 0 unspecified atom stereocenters. The Hall–Kier alpha value is -1.55.